The van der Waals surface area contributed by atoms with Crippen molar-refractivity contribution in [1.82, 2.24) is 5.32 Å². The average Bonchev–Trinajstić information content (AvgIpc) is 2.60. The largest absolute Gasteiger partial charge is 0.347 e. The number of rotatable bonds is 5. The van der Waals surface area contributed by atoms with Gasteiger partial charge < -0.3 is 10.6 Å². The minimum Gasteiger partial charge on any atom is -0.347 e. The number of nitrogens with one attached hydrogen (secondary N) is 2. The molecule has 0 saturated heterocycles. The molecule has 7 heteroatoms. The first-order chi connectivity index (χ1) is 13.2. The molecule has 0 heterocycles. The van der Waals surface area contributed by atoms with Crippen molar-refractivity contribution >= 4 is 29.1 Å². The van der Waals surface area contributed by atoms with Crippen LogP contribution in [-0.4, -0.2) is 17.4 Å². The van der Waals surface area contributed by atoms with Gasteiger partial charge in [0, 0.05) is 22.7 Å². The fraction of sp³-hybridized carbons (Fsp3) is 0.333. The van der Waals surface area contributed by atoms with Crippen LogP contribution in [0.3, 0.4) is 0 Å². The van der Waals surface area contributed by atoms with E-state index in [0.717, 1.165) is 19.3 Å². The van der Waals surface area contributed by atoms with Crippen molar-refractivity contribution in [2.24, 2.45) is 11.3 Å². The Labute approximate surface area is 166 Å². The summed E-state index contributed by atoms with van der Waals surface area (Å²) < 4.78 is 26.2. The van der Waals surface area contributed by atoms with E-state index in [1.54, 1.807) is 0 Å². The molecular formula is C21H19ClF2N2O2. The molecule has 0 radical (unpaired) electrons. The molecule has 1 atom stereocenters. The molecule has 2 amide bonds. The van der Waals surface area contributed by atoms with Crippen molar-refractivity contribution in [2.75, 3.05) is 5.32 Å². The third-order valence-electron chi connectivity index (χ3n) is 6.06. The van der Waals surface area contributed by atoms with Crippen molar-refractivity contribution in [3.05, 3.63) is 64.7 Å². The van der Waals surface area contributed by atoms with Gasteiger partial charge in [-0.1, -0.05) is 18.5 Å². The summed E-state index contributed by atoms with van der Waals surface area (Å²) in [4.78, 5) is 25.0. The van der Waals surface area contributed by atoms with Crippen LogP contribution in [0.1, 0.15) is 36.5 Å². The van der Waals surface area contributed by atoms with Crippen molar-refractivity contribution in [3.63, 3.8) is 0 Å². The number of hydrogen-bond donors (Lipinski definition) is 2. The minimum absolute atomic E-state index is 0.0900. The van der Waals surface area contributed by atoms with E-state index in [1.807, 2.05) is 6.92 Å². The minimum atomic E-state index is -0.566. The lowest BCUT2D eigenvalue weighted by Crippen LogP contribution is -2.77. The highest BCUT2D eigenvalue weighted by molar-refractivity contribution is 6.31. The average molecular weight is 405 g/mol. The number of hydrogen-bond acceptors (Lipinski definition) is 2. The number of halogens is 3. The Morgan fingerprint density at radius 2 is 1.71 bits per heavy atom. The van der Waals surface area contributed by atoms with Crippen LogP contribution >= 0.6 is 11.6 Å². The second-order valence-corrected chi connectivity index (χ2v) is 8.38. The zero-order valence-electron chi connectivity index (χ0n) is 15.2. The van der Waals surface area contributed by atoms with Gasteiger partial charge in [-0.25, -0.2) is 8.78 Å². The topological polar surface area (TPSA) is 58.2 Å². The molecule has 0 aliphatic heterocycles. The van der Waals surface area contributed by atoms with Gasteiger partial charge in [-0.05, 0) is 67.1 Å². The maximum absolute atomic E-state index is 13.3. The molecule has 0 aromatic heterocycles. The smallest absolute Gasteiger partial charge is 0.251 e. The van der Waals surface area contributed by atoms with Gasteiger partial charge in [0.15, 0.2) is 0 Å². The van der Waals surface area contributed by atoms with Gasteiger partial charge >= 0.3 is 0 Å². The highest BCUT2D eigenvalue weighted by Gasteiger charge is 2.71. The van der Waals surface area contributed by atoms with Crippen LogP contribution in [0.25, 0.3) is 0 Å². The number of anilines is 1. The quantitative estimate of drug-likeness (QED) is 0.768. The number of benzene rings is 2. The van der Waals surface area contributed by atoms with Crippen LogP contribution in [0.15, 0.2) is 42.5 Å². The number of carbonyl (C=O) groups is 2. The van der Waals surface area contributed by atoms with Crippen LogP contribution in [-0.2, 0) is 4.79 Å². The van der Waals surface area contributed by atoms with E-state index >= 15 is 0 Å². The first-order valence-corrected chi connectivity index (χ1v) is 9.44. The Morgan fingerprint density at radius 3 is 2.32 bits per heavy atom. The molecule has 3 fully saturated rings. The fourth-order valence-electron chi connectivity index (χ4n) is 4.47. The molecular weight excluding hydrogens is 386 g/mol. The van der Waals surface area contributed by atoms with E-state index in [2.05, 4.69) is 10.6 Å². The maximum Gasteiger partial charge on any atom is 0.251 e. The van der Waals surface area contributed by atoms with E-state index in [4.69, 9.17) is 11.6 Å². The Hall–Kier alpha value is -2.47. The van der Waals surface area contributed by atoms with E-state index in [0.29, 0.717) is 11.3 Å². The maximum atomic E-state index is 13.3. The van der Waals surface area contributed by atoms with Crippen molar-refractivity contribution in [3.8, 4) is 0 Å². The van der Waals surface area contributed by atoms with Gasteiger partial charge in [0.1, 0.15) is 11.6 Å². The summed E-state index contributed by atoms with van der Waals surface area (Å²) in [6.07, 6.45) is 2.16. The highest BCUT2D eigenvalue weighted by atomic mass is 35.5. The van der Waals surface area contributed by atoms with Crippen LogP contribution in [0, 0.1) is 23.0 Å². The third kappa shape index (κ3) is 3.15. The molecule has 0 spiro atoms. The van der Waals surface area contributed by atoms with E-state index < -0.39 is 5.82 Å². The lowest BCUT2D eigenvalue weighted by atomic mass is 9.36. The summed E-state index contributed by atoms with van der Waals surface area (Å²) in [5, 5.41) is 5.73. The number of amides is 2. The second kappa shape index (κ2) is 6.55. The molecule has 3 saturated carbocycles. The lowest BCUT2D eigenvalue weighted by molar-refractivity contribution is -0.184. The van der Waals surface area contributed by atoms with E-state index in [-0.39, 0.29) is 39.5 Å². The second-order valence-electron chi connectivity index (χ2n) is 7.97. The molecule has 4 nitrogen and oxygen atoms in total. The van der Waals surface area contributed by atoms with Crippen molar-refractivity contribution in [2.45, 2.75) is 31.7 Å². The molecule has 3 aliphatic rings. The molecule has 28 heavy (non-hydrogen) atoms. The van der Waals surface area contributed by atoms with Crippen LogP contribution in [0.4, 0.5) is 14.5 Å². The summed E-state index contributed by atoms with van der Waals surface area (Å²) in [7, 11) is 0. The van der Waals surface area contributed by atoms with Gasteiger partial charge in [-0.15, -0.1) is 0 Å². The Kier molecular flexibility index (Phi) is 4.42. The zero-order chi connectivity index (χ0) is 20.1. The Balaban J connectivity index is 1.34. The van der Waals surface area contributed by atoms with Gasteiger partial charge in [-0.2, -0.15) is 0 Å². The molecule has 2 bridgehead atoms. The van der Waals surface area contributed by atoms with Crippen molar-refractivity contribution in [1.29, 1.82) is 0 Å². The van der Waals surface area contributed by atoms with Gasteiger partial charge in [-0.3, -0.25) is 9.59 Å². The predicted octanol–water partition coefficient (Wildman–Crippen LogP) is 4.55. The summed E-state index contributed by atoms with van der Waals surface area (Å²) in [6, 6.07) is 9.53. The first kappa shape index (κ1) is 18.9. The molecule has 5 rings (SSSR count). The van der Waals surface area contributed by atoms with Crippen LogP contribution in [0.5, 0.6) is 0 Å². The third-order valence-corrected chi connectivity index (χ3v) is 6.35. The zero-order valence-corrected chi connectivity index (χ0v) is 15.9. The molecule has 0 unspecified atom stereocenters. The standard InChI is InChI=1S/C21H19ClF2N2O2/c1-12(18(27)25-15-5-3-14(23)4-6-15)20-9-21(10-20,11-20)26-19(28)13-2-7-17(24)16(22)8-13/h2-8,12H,9-11H2,1H3,(H,25,27)(H,26,28)/t12-,20?,21?/m1/s1. The molecule has 2 aromatic carbocycles. The van der Waals surface area contributed by atoms with E-state index in [1.165, 1.54) is 42.5 Å². The first-order valence-electron chi connectivity index (χ1n) is 9.06. The summed E-state index contributed by atoms with van der Waals surface area (Å²) in [5.41, 5.74) is 0.438. The summed E-state index contributed by atoms with van der Waals surface area (Å²) >= 11 is 5.74. The molecule has 3 aliphatic carbocycles. The number of carbonyl (C=O) groups excluding carboxylic acids is 2. The van der Waals surface area contributed by atoms with Gasteiger partial charge in [0.25, 0.3) is 5.91 Å². The summed E-state index contributed by atoms with van der Waals surface area (Å²) in [5.74, 6) is -1.55. The Bertz CT molecular complexity index is 942. The van der Waals surface area contributed by atoms with E-state index in [9.17, 15) is 18.4 Å². The molecule has 2 aromatic rings. The lowest BCUT2D eigenvalue weighted by Gasteiger charge is -2.72. The van der Waals surface area contributed by atoms with Crippen LogP contribution < -0.4 is 10.6 Å². The van der Waals surface area contributed by atoms with Gasteiger partial charge in [0.2, 0.25) is 5.91 Å². The SMILES string of the molecule is C[C@H](C(=O)Nc1ccc(F)cc1)C12CC(NC(=O)c3ccc(F)c(Cl)c3)(C1)C2. The molecule has 2 N–H and O–H groups in total. The van der Waals surface area contributed by atoms with Crippen molar-refractivity contribution < 1.29 is 18.4 Å². The normalized spacial score (nSPS) is 25.9. The van der Waals surface area contributed by atoms with Crippen LogP contribution in [0.2, 0.25) is 5.02 Å². The molecule has 146 valence electrons. The Morgan fingerprint density at radius 1 is 1.07 bits per heavy atom. The monoisotopic (exact) mass is 404 g/mol. The van der Waals surface area contributed by atoms with Gasteiger partial charge in [0.05, 0.1) is 5.02 Å². The summed E-state index contributed by atoms with van der Waals surface area (Å²) in [6.45, 7) is 1.88. The predicted molar refractivity (Wildman–Crippen MR) is 102 cm³/mol. The highest BCUT2D eigenvalue weighted by Crippen LogP contribution is 2.70. The fourth-order valence-corrected chi connectivity index (χ4v) is 4.65.